The lowest BCUT2D eigenvalue weighted by Gasteiger charge is -2.12. The monoisotopic (exact) mass is 408 g/mol. The molecule has 1 aromatic carbocycles. The lowest BCUT2D eigenvalue weighted by atomic mass is 10.1. The number of aromatic nitrogens is 3. The lowest BCUT2D eigenvalue weighted by molar-refractivity contribution is -0.121. The van der Waals surface area contributed by atoms with Crippen LogP contribution in [-0.2, 0) is 30.5 Å². The molecular weight excluding hydrogens is 384 g/mol. The number of aryl methyl sites for hydroxylation is 3. The Morgan fingerprint density at radius 2 is 1.97 bits per heavy atom. The first-order valence-electron chi connectivity index (χ1n) is 9.85. The zero-order valence-electron chi connectivity index (χ0n) is 16.4. The first-order chi connectivity index (χ1) is 14.2. The number of para-hydroxylation sites is 1. The van der Waals surface area contributed by atoms with E-state index in [1.807, 2.05) is 31.3 Å². The van der Waals surface area contributed by atoms with Crippen LogP contribution >= 0.6 is 11.3 Å². The average Bonchev–Trinajstić information content (AvgIpc) is 3.46. The molecule has 0 fully saturated rings. The molecule has 0 bridgehead atoms. The number of fused-ring (bicyclic) bond motifs is 1. The van der Waals surface area contributed by atoms with Gasteiger partial charge in [0.1, 0.15) is 0 Å². The van der Waals surface area contributed by atoms with Gasteiger partial charge in [-0.05, 0) is 36.4 Å². The molecule has 0 radical (unpaired) electrons. The van der Waals surface area contributed by atoms with Gasteiger partial charge in [-0.2, -0.15) is 0 Å². The van der Waals surface area contributed by atoms with Crippen molar-refractivity contribution in [2.45, 2.75) is 45.1 Å². The molecule has 2 N–H and O–H groups in total. The molecule has 3 heterocycles. The second-order valence-corrected chi connectivity index (χ2v) is 8.23. The molecule has 0 aliphatic rings. The van der Waals surface area contributed by atoms with Crippen molar-refractivity contribution in [2.75, 3.05) is 0 Å². The van der Waals surface area contributed by atoms with Crippen molar-refractivity contribution in [1.82, 2.24) is 20.5 Å². The summed E-state index contributed by atoms with van der Waals surface area (Å²) in [4.78, 5) is 16.7. The van der Waals surface area contributed by atoms with Gasteiger partial charge >= 0.3 is 0 Å². The van der Waals surface area contributed by atoms with Gasteiger partial charge in [-0.25, -0.2) is 0 Å². The van der Waals surface area contributed by atoms with Crippen LogP contribution in [0.1, 0.15) is 35.6 Å². The van der Waals surface area contributed by atoms with Crippen molar-refractivity contribution in [1.29, 1.82) is 0 Å². The van der Waals surface area contributed by atoms with Crippen LogP contribution in [0.25, 0.3) is 10.9 Å². The summed E-state index contributed by atoms with van der Waals surface area (Å²) in [6.07, 6.45) is 5.19. The number of thiophene rings is 1. The highest BCUT2D eigenvalue weighted by atomic mass is 32.1. The van der Waals surface area contributed by atoms with Crippen LogP contribution in [0.4, 0.5) is 0 Å². The SMILES string of the molecule is C[C@@H](Cc1cccs1)NC(=O)CCc1nnc(CCc2c[nH]c3ccccc23)o1. The van der Waals surface area contributed by atoms with Gasteiger partial charge in [0.15, 0.2) is 0 Å². The Labute approximate surface area is 173 Å². The van der Waals surface area contributed by atoms with Gasteiger partial charge in [-0.15, -0.1) is 21.5 Å². The second-order valence-electron chi connectivity index (χ2n) is 7.20. The third-order valence-corrected chi connectivity index (χ3v) is 5.75. The fourth-order valence-electron chi connectivity index (χ4n) is 3.42. The highest BCUT2D eigenvalue weighted by Crippen LogP contribution is 2.19. The Morgan fingerprint density at radius 1 is 1.14 bits per heavy atom. The largest absolute Gasteiger partial charge is 0.425 e. The normalized spacial score (nSPS) is 12.3. The Bertz CT molecular complexity index is 1070. The van der Waals surface area contributed by atoms with Gasteiger partial charge in [0.05, 0.1) is 0 Å². The summed E-state index contributed by atoms with van der Waals surface area (Å²) >= 11 is 1.71. The maximum absolute atomic E-state index is 12.2. The molecule has 0 unspecified atom stereocenters. The quantitative estimate of drug-likeness (QED) is 0.437. The molecule has 29 heavy (non-hydrogen) atoms. The van der Waals surface area contributed by atoms with E-state index in [1.165, 1.54) is 15.8 Å². The van der Waals surface area contributed by atoms with Crippen molar-refractivity contribution < 1.29 is 9.21 Å². The van der Waals surface area contributed by atoms with Crippen molar-refractivity contribution >= 4 is 28.1 Å². The highest BCUT2D eigenvalue weighted by molar-refractivity contribution is 7.09. The molecule has 1 amide bonds. The number of aromatic amines is 1. The predicted octanol–water partition coefficient (Wildman–Crippen LogP) is 4.08. The van der Waals surface area contributed by atoms with Crippen LogP contribution in [0.3, 0.4) is 0 Å². The van der Waals surface area contributed by atoms with Crippen molar-refractivity contribution in [2.24, 2.45) is 0 Å². The van der Waals surface area contributed by atoms with E-state index in [0.717, 1.165) is 18.4 Å². The maximum atomic E-state index is 12.2. The minimum Gasteiger partial charge on any atom is -0.425 e. The molecule has 4 rings (SSSR count). The van der Waals surface area contributed by atoms with E-state index >= 15 is 0 Å². The molecule has 1 atom stereocenters. The molecular formula is C22H24N4O2S. The van der Waals surface area contributed by atoms with Crippen LogP contribution < -0.4 is 5.32 Å². The maximum Gasteiger partial charge on any atom is 0.220 e. The van der Waals surface area contributed by atoms with E-state index in [0.29, 0.717) is 31.0 Å². The van der Waals surface area contributed by atoms with Gasteiger partial charge in [0.2, 0.25) is 17.7 Å². The second kappa shape index (κ2) is 9.05. The first-order valence-corrected chi connectivity index (χ1v) is 10.7. The number of carbonyl (C=O) groups is 1. The molecule has 7 heteroatoms. The van der Waals surface area contributed by atoms with Crippen molar-refractivity contribution in [3.8, 4) is 0 Å². The Kier molecular flexibility index (Phi) is 6.05. The summed E-state index contributed by atoms with van der Waals surface area (Å²) in [5, 5.41) is 14.5. The molecule has 0 saturated carbocycles. The van der Waals surface area contributed by atoms with Crippen LogP contribution in [0, 0.1) is 0 Å². The molecule has 3 aromatic heterocycles. The standard InChI is InChI=1S/C22H24N4O2S/c1-15(13-17-5-4-12-29-17)24-20(27)9-11-22-26-25-21(28-22)10-8-16-14-23-19-7-3-2-6-18(16)19/h2-7,12,14-15,23H,8-11,13H2,1H3,(H,24,27)/t15-/m0/s1. The number of benzene rings is 1. The fourth-order valence-corrected chi connectivity index (χ4v) is 4.25. The third kappa shape index (κ3) is 5.12. The van der Waals surface area contributed by atoms with E-state index in [1.54, 1.807) is 11.3 Å². The predicted molar refractivity (Wildman–Crippen MR) is 114 cm³/mol. The minimum atomic E-state index is 0.00704. The number of H-pyrrole nitrogens is 1. The molecule has 4 aromatic rings. The summed E-state index contributed by atoms with van der Waals surface area (Å²) in [6, 6.07) is 12.5. The summed E-state index contributed by atoms with van der Waals surface area (Å²) in [5.74, 6) is 1.13. The number of nitrogens with one attached hydrogen (secondary N) is 2. The number of amides is 1. The molecule has 150 valence electrons. The minimum absolute atomic E-state index is 0.00704. The fraction of sp³-hybridized carbons (Fsp3) is 0.318. The Hall–Kier alpha value is -2.93. The number of hydrogen-bond acceptors (Lipinski definition) is 5. The molecule has 0 aliphatic carbocycles. The van der Waals surface area contributed by atoms with Crippen LogP contribution in [-0.4, -0.2) is 27.1 Å². The molecule has 0 spiro atoms. The van der Waals surface area contributed by atoms with Gasteiger partial charge < -0.3 is 14.7 Å². The lowest BCUT2D eigenvalue weighted by Crippen LogP contribution is -2.34. The van der Waals surface area contributed by atoms with Gasteiger partial charge in [-0.3, -0.25) is 4.79 Å². The third-order valence-electron chi connectivity index (χ3n) is 4.85. The summed E-state index contributed by atoms with van der Waals surface area (Å²) in [6.45, 7) is 2.02. The van der Waals surface area contributed by atoms with Crippen molar-refractivity contribution in [3.63, 3.8) is 0 Å². The molecule has 0 saturated heterocycles. The number of carbonyl (C=O) groups excluding carboxylic acids is 1. The number of nitrogens with zero attached hydrogens (tertiary/aromatic N) is 2. The Morgan fingerprint density at radius 3 is 2.79 bits per heavy atom. The Balaban J connectivity index is 1.23. The van der Waals surface area contributed by atoms with Gasteiger partial charge in [0, 0.05) is 53.7 Å². The van der Waals surface area contributed by atoms with Crippen molar-refractivity contribution in [3.05, 3.63) is 70.2 Å². The van der Waals surface area contributed by atoms with E-state index in [9.17, 15) is 4.79 Å². The zero-order chi connectivity index (χ0) is 20.1. The van der Waals surface area contributed by atoms with E-state index < -0.39 is 0 Å². The van der Waals surface area contributed by atoms with Crippen LogP contribution in [0.15, 0.2) is 52.4 Å². The average molecular weight is 409 g/mol. The van der Waals surface area contributed by atoms with Gasteiger partial charge in [0.25, 0.3) is 0 Å². The van der Waals surface area contributed by atoms with E-state index in [-0.39, 0.29) is 11.9 Å². The summed E-state index contributed by atoms with van der Waals surface area (Å²) < 4.78 is 5.72. The molecule has 6 nitrogen and oxygen atoms in total. The van der Waals surface area contributed by atoms with E-state index in [4.69, 9.17) is 4.42 Å². The van der Waals surface area contributed by atoms with Crippen LogP contribution in [0.5, 0.6) is 0 Å². The smallest absolute Gasteiger partial charge is 0.220 e. The van der Waals surface area contributed by atoms with E-state index in [2.05, 4.69) is 44.1 Å². The summed E-state index contributed by atoms with van der Waals surface area (Å²) in [7, 11) is 0. The summed E-state index contributed by atoms with van der Waals surface area (Å²) in [5.41, 5.74) is 2.37. The highest BCUT2D eigenvalue weighted by Gasteiger charge is 2.12. The van der Waals surface area contributed by atoms with Crippen LogP contribution in [0.2, 0.25) is 0 Å². The van der Waals surface area contributed by atoms with Gasteiger partial charge in [-0.1, -0.05) is 24.3 Å². The molecule has 0 aliphatic heterocycles. The zero-order valence-corrected chi connectivity index (χ0v) is 17.2. The number of hydrogen-bond donors (Lipinski definition) is 2. The topological polar surface area (TPSA) is 83.8 Å². The first kappa shape index (κ1) is 19.4. The number of rotatable bonds is 9.